The number of primary amides is 1. The topological polar surface area (TPSA) is 90.9 Å². The maximum atomic E-state index is 12.4. The SMILES string of the molecule is CCc1ccc(C(=O)CSc2nnc(-c3cccs3)n2CC(N)=O)cc1. The summed E-state index contributed by atoms with van der Waals surface area (Å²) in [6, 6.07) is 11.4. The van der Waals surface area contributed by atoms with Crippen LogP contribution in [0.5, 0.6) is 0 Å². The number of aromatic nitrogens is 3. The molecule has 2 aromatic heterocycles. The summed E-state index contributed by atoms with van der Waals surface area (Å²) in [5.74, 6) is 0.322. The van der Waals surface area contributed by atoms with E-state index in [-0.39, 0.29) is 18.1 Å². The van der Waals surface area contributed by atoms with Gasteiger partial charge in [-0.25, -0.2) is 0 Å². The Morgan fingerprint density at radius 3 is 2.58 bits per heavy atom. The molecule has 3 aromatic rings. The number of nitrogens with two attached hydrogens (primary N) is 1. The van der Waals surface area contributed by atoms with Crippen LogP contribution in [-0.2, 0) is 17.8 Å². The minimum atomic E-state index is -0.481. The van der Waals surface area contributed by atoms with Crippen molar-refractivity contribution in [2.75, 3.05) is 5.75 Å². The van der Waals surface area contributed by atoms with Crippen molar-refractivity contribution in [3.63, 3.8) is 0 Å². The monoisotopic (exact) mass is 386 g/mol. The van der Waals surface area contributed by atoms with Crippen LogP contribution in [0.1, 0.15) is 22.8 Å². The van der Waals surface area contributed by atoms with Gasteiger partial charge in [0.25, 0.3) is 0 Å². The summed E-state index contributed by atoms with van der Waals surface area (Å²) in [5.41, 5.74) is 7.21. The Morgan fingerprint density at radius 2 is 1.96 bits per heavy atom. The maximum absolute atomic E-state index is 12.4. The Morgan fingerprint density at radius 1 is 1.19 bits per heavy atom. The number of nitrogens with zero attached hydrogens (tertiary/aromatic N) is 3. The number of aryl methyl sites for hydroxylation is 1. The highest BCUT2D eigenvalue weighted by atomic mass is 32.2. The molecule has 0 aliphatic rings. The lowest BCUT2D eigenvalue weighted by molar-refractivity contribution is -0.118. The maximum Gasteiger partial charge on any atom is 0.237 e. The van der Waals surface area contributed by atoms with Gasteiger partial charge in [0.2, 0.25) is 5.91 Å². The molecule has 0 saturated carbocycles. The van der Waals surface area contributed by atoms with E-state index in [0.717, 1.165) is 11.3 Å². The van der Waals surface area contributed by atoms with Gasteiger partial charge in [-0.1, -0.05) is 49.0 Å². The molecule has 0 spiro atoms. The quantitative estimate of drug-likeness (QED) is 0.475. The third kappa shape index (κ3) is 4.20. The number of rotatable bonds is 8. The number of carbonyl (C=O) groups excluding carboxylic acids is 2. The Hall–Kier alpha value is -2.45. The second-order valence-corrected chi connectivity index (χ2v) is 7.49. The highest BCUT2D eigenvalue weighted by molar-refractivity contribution is 7.99. The first kappa shape index (κ1) is 18.3. The van der Waals surface area contributed by atoms with Gasteiger partial charge in [0.05, 0.1) is 10.6 Å². The van der Waals surface area contributed by atoms with E-state index >= 15 is 0 Å². The van der Waals surface area contributed by atoms with Gasteiger partial charge in [-0.3, -0.25) is 14.2 Å². The van der Waals surface area contributed by atoms with E-state index in [9.17, 15) is 9.59 Å². The molecule has 6 nitrogen and oxygen atoms in total. The third-order valence-electron chi connectivity index (χ3n) is 3.79. The largest absolute Gasteiger partial charge is 0.368 e. The van der Waals surface area contributed by atoms with Crippen LogP contribution in [0, 0.1) is 0 Å². The first-order valence-corrected chi connectivity index (χ1v) is 9.95. The average Bonchev–Trinajstić information content (AvgIpc) is 3.29. The highest BCUT2D eigenvalue weighted by Crippen LogP contribution is 2.27. The zero-order chi connectivity index (χ0) is 18.5. The Balaban J connectivity index is 1.76. The lowest BCUT2D eigenvalue weighted by Crippen LogP contribution is -2.20. The molecule has 26 heavy (non-hydrogen) atoms. The molecule has 0 saturated heterocycles. The number of amides is 1. The summed E-state index contributed by atoms with van der Waals surface area (Å²) >= 11 is 2.76. The van der Waals surface area contributed by atoms with Gasteiger partial charge in [0.1, 0.15) is 6.54 Å². The van der Waals surface area contributed by atoms with Crippen molar-refractivity contribution in [2.45, 2.75) is 25.0 Å². The van der Waals surface area contributed by atoms with Gasteiger partial charge in [0.15, 0.2) is 16.8 Å². The van der Waals surface area contributed by atoms with Gasteiger partial charge in [-0.2, -0.15) is 0 Å². The van der Waals surface area contributed by atoms with Gasteiger partial charge >= 0.3 is 0 Å². The zero-order valence-electron chi connectivity index (χ0n) is 14.2. The molecule has 1 amide bonds. The molecule has 0 aliphatic carbocycles. The predicted octanol–water partition coefficient (Wildman–Crippen LogP) is 3.03. The van der Waals surface area contributed by atoms with Crippen molar-refractivity contribution < 1.29 is 9.59 Å². The molecule has 1 aromatic carbocycles. The van der Waals surface area contributed by atoms with E-state index in [4.69, 9.17) is 5.73 Å². The number of hydrogen-bond acceptors (Lipinski definition) is 6. The summed E-state index contributed by atoms with van der Waals surface area (Å²) in [6.07, 6.45) is 0.935. The minimum absolute atomic E-state index is 0.00366. The number of thiophene rings is 1. The summed E-state index contributed by atoms with van der Waals surface area (Å²) in [7, 11) is 0. The molecule has 8 heteroatoms. The van der Waals surface area contributed by atoms with Crippen molar-refractivity contribution in [3.05, 3.63) is 52.9 Å². The smallest absolute Gasteiger partial charge is 0.237 e. The third-order valence-corrected chi connectivity index (χ3v) is 5.62. The molecular weight excluding hydrogens is 368 g/mol. The number of hydrogen-bond donors (Lipinski definition) is 1. The summed E-state index contributed by atoms with van der Waals surface area (Å²) < 4.78 is 1.66. The predicted molar refractivity (Wildman–Crippen MR) is 103 cm³/mol. The molecular formula is C18H18N4O2S2. The van der Waals surface area contributed by atoms with Crippen LogP contribution in [0.25, 0.3) is 10.7 Å². The first-order chi connectivity index (χ1) is 12.6. The molecule has 0 aliphatic heterocycles. The summed E-state index contributed by atoms with van der Waals surface area (Å²) in [4.78, 5) is 24.7. The fourth-order valence-electron chi connectivity index (χ4n) is 2.42. The fraction of sp³-hybridized carbons (Fsp3) is 0.222. The minimum Gasteiger partial charge on any atom is -0.368 e. The number of thioether (sulfide) groups is 1. The Kier molecular flexibility index (Phi) is 5.85. The summed E-state index contributed by atoms with van der Waals surface area (Å²) in [5, 5.41) is 10.7. The highest BCUT2D eigenvalue weighted by Gasteiger charge is 2.18. The van der Waals surface area contributed by atoms with Crippen molar-refractivity contribution in [2.24, 2.45) is 5.73 Å². The van der Waals surface area contributed by atoms with Crippen LogP contribution in [0.3, 0.4) is 0 Å². The van der Waals surface area contributed by atoms with Crippen molar-refractivity contribution in [1.29, 1.82) is 0 Å². The lowest BCUT2D eigenvalue weighted by atomic mass is 10.1. The van der Waals surface area contributed by atoms with Crippen molar-refractivity contribution in [1.82, 2.24) is 14.8 Å². The Bertz CT molecular complexity index is 902. The van der Waals surface area contributed by atoms with Gasteiger partial charge in [-0.05, 0) is 23.4 Å². The second kappa shape index (κ2) is 8.29. The van der Waals surface area contributed by atoms with Crippen LogP contribution in [0.15, 0.2) is 46.9 Å². The number of Topliss-reactive ketones (excluding diaryl/α,β-unsaturated/α-hetero) is 1. The lowest BCUT2D eigenvalue weighted by Gasteiger charge is -2.07. The van der Waals surface area contributed by atoms with Gasteiger partial charge in [0, 0.05) is 5.56 Å². The van der Waals surface area contributed by atoms with Crippen LogP contribution < -0.4 is 5.73 Å². The average molecular weight is 387 g/mol. The molecule has 134 valence electrons. The van der Waals surface area contributed by atoms with Crippen LogP contribution in [0.2, 0.25) is 0 Å². The van der Waals surface area contributed by atoms with E-state index in [1.54, 1.807) is 4.57 Å². The van der Waals surface area contributed by atoms with Crippen LogP contribution in [-0.4, -0.2) is 32.2 Å². The number of benzene rings is 1. The normalized spacial score (nSPS) is 10.8. The van der Waals surface area contributed by atoms with E-state index in [0.29, 0.717) is 16.5 Å². The molecule has 0 unspecified atom stereocenters. The van der Waals surface area contributed by atoms with E-state index in [2.05, 4.69) is 17.1 Å². The van der Waals surface area contributed by atoms with Crippen LogP contribution >= 0.6 is 23.1 Å². The second-order valence-electron chi connectivity index (χ2n) is 5.60. The van der Waals surface area contributed by atoms with Gasteiger partial charge in [-0.15, -0.1) is 21.5 Å². The summed E-state index contributed by atoms with van der Waals surface area (Å²) in [6.45, 7) is 2.05. The van der Waals surface area contributed by atoms with Gasteiger partial charge < -0.3 is 5.73 Å². The van der Waals surface area contributed by atoms with E-state index < -0.39 is 5.91 Å². The van der Waals surface area contributed by atoms with E-state index in [1.807, 2.05) is 41.8 Å². The zero-order valence-corrected chi connectivity index (χ0v) is 15.8. The van der Waals surface area contributed by atoms with E-state index in [1.165, 1.54) is 28.7 Å². The number of carbonyl (C=O) groups is 2. The molecule has 2 N–H and O–H groups in total. The standard InChI is InChI=1S/C18H18N4O2S2/c1-2-12-5-7-13(8-6-12)14(23)11-26-18-21-20-17(15-4-3-9-25-15)22(18)10-16(19)24/h3-9H,2,10-11H2,1H3,(H2,19,24). The molecule has 3 rings (SSSR count). The van der Waals surface area contributed by atoms with Crippen LogP contribution in [0.4, 0.5) is 0 Å². The van der Waals surface area contributed by atoms with Crippen molar-refractivity contribution in [3.8, 4) is 10.7 Å². The molecule has 2 heterocycles. The molecule has 0 bridgehead atoms. The fourth-order valence-corrected chi connectivity index (χ4v) is 3.97. The number of ketones is 1. The molecule has 0 fully saturated rings. The molecule has 0 atom stereocenters. The Labute approximate surface area is 159 Å². The van der Waals surface area contributed by atoms with Crippen molar-refractivity contribution >= 4 is 34.8 Å². The molecule has 0 radical (unpaired) electrons. The first-order valence-electron chi connectivity index (χ1n) is 8.08.